The molecule has 0 spiro atoms. The Morgan fingerprint density at radius 3 is 2.90 bits per heavy atom. The summed E-state index contributed by atoms with van der Waals surface area (Å²) in [6.45, 7) is 0.716. The van der Waals surface area contributed by atoms with Gasteiger partial charge in [0.1, 0.15) is 5.75 Å². The lowest BCUT2D eigenvalue weighted by molar-refractivity contribution is -0.385. The van der Waals surface area contributed by atoms with Gasteiger partial charge in [0, 0.05) is 18.5 Å². The lowest BCUT2D eigenvalue weighted by atomic mass is 9.94. The van der Waals surface area contributed by atoms with Crippen molar-refractivity contribution in [1.29, 1.82) is 0 Å². The van der Waals surface area contributed by atoms with Crippen LogP contribution in [0.2, 0.25) is 0 Å². The maximum absolute atomic E-state index is 11.9. The van der Waals surface area contributed by atoms with E-state index in [1.165, 1.54) is 19.2 Å². The fraction of sp³-hybridized carbons (Fsp3) is 0.500. The van der Waals surface area contributed by atoms with Crippen LogP contribution in [0.5, 0.6) is 5.75 Å². The van der Waals surface area contributed by atoms with Gasteiger partial charge in [-0.1, -0.05) is 6.42 Å². The molecule has 2 rings (SSSR count). The third-order valence-corrected chi connectivity index (χ3v) is 3.53. The molecular weight excluding hydrogens is 260 g/mol. The van der Waals surface area contributed by atoms with E-state index in [1.54, 1.807) is 6.07 Å². The van der Waals surface area contributed by atoms with E-state index in [1.807, 2.05) is 0 Å². The summed E-state index contributed by atoms with van der Waals surface area (Å²) in [6.07, 6.45) is 3.30. The number of benzene rings is 1. The van der Waals surface area contributed by atoms with Crippen LogP contribution in [0, 0.1) is 16.0 Å². The van der Waals surface area contributed by atoms with E-state index in [4.69, 9.17) is 4.74 Å². The van der Waals surface area contributed by atoms with Gasteiger partial charge in [-0.05, 0) is 30.9 Å². The highest BCUT2D eigenvalue weighted by Crippen LogP contribution is 2.26. The Labute approximate surface area is 117 Å². The predicted octanol–water partition coefficient (Wildman–Crippen LogP) is 2.06. The normalized spacial score (nSPS) is 19.1. The number of non-ortho nitro benzene ring substituents is 1. The standard InChI is InChI=1S/C14H18N2O4/c1-20-13-8-10(7-12(9-13)16(18)19)6-11-4-2-3-5-15-14(11)17/h7-9,11H,2-6H2,1H3,(H,15,17). The molecule has 6 nitrogen and oxygen atoms in total. The van der Waals surface area contributed by atoms with Gasteiger partial charge >= 0.3 is 0 Å². The van der Waals surface area contributed by atoms with E-state index in [0.717, 1.165) is 24.8 Å². The van der Waals surface area contributed by atoms with Crippen molar-refractivity contribution in [2.45, 2.75) is 25.7 Å². The molecule has 0 radical (unpaired) electrons. The van der Waals surface area contributed by atoms with E-state index in [0.29, 0.717) is 18.7 Å². The molecule has 108 valence electrons. The molecule has 1 aliphatic heterocycles. The number of nitrogens with zero attached hydrogens (tertiary/aromatic N) is 1. The summed E-state index contributed by atoms with van der Waals surface area (Å²) < 4.78 is 5.08. The average Bonchev–Trinajstić information content (AvgIpc) is 2.64. The fourth-order valence-corrected chi connectivity index (χ4v) is 2.47. The third kappa shape index (κ3) is 3.46. The average molecular weight is 278 g/mol. The highest BCUT2D eigenvalue weighted by atomic mass is 16.6. The number of nitro benzene ring substituents is 1. The van der Waals surface area contributed by atoms with Crippen LogP contribution in [0.1, 0.15) is 24.8 Å². The summed E-state index contributed by atoms with van der Waals surface area (Å²) in [5.41, 5.74) is 0.756. The Morgan fingerprint density at radius 2 is 2.20 bits per heavy atom. The number of carbonyl (C=O) groups is 1. The Bertz CT molecular complexity index is 516. The van der Waals surface area contributed by atoms with Crippen molar-refractivity contribution in [3.8, 4) is 5.75 Å². The summed E-state index contributed by atoms with van der Waals surface area (Å²) in [4.78, 5) is 22.4. The summed E-state index contributed by atoms with van der Waals surface area (Å²) in [6, 6.07) is 4.66. The second-order valence-corrected chi connectivity index (χ2v) is 4.98. The number of hydrogen-bond acceptors (Lipinski definition) is 4. The minimum Gasteiger partial charge on any atom is -0.496 e. The van der Waals surface area contributed by atoms with Gasteiger partial charge in [0.25, 0.3) is 5.69 Å². The lowest BCUT2D eigenvalue weighted by Gasteiger charge is -2.13. The molecule has 1 fully saturated rings. The molecule has 1 aliphatic rings. The Kier molecular flexibility index (Phi) is 4.55. The highest BCUT2D eigenvalue weighted by molar-refractivity contribution is 5.79. The van der Waals surface area contributed by atoms with E-state index < -0.39 is 4.92 Å². The summed E-state index contributed by atoms with van der Waals surface area (Å²) >= 11 is 0. The van der Waals surface area contributed by atoms with Gasteiger partial charge in [-0.2, -0.15) is 0 Å². The largest absolute Gasteiger partial charge is 0.496 e. The van der Waals surface area contributed by atoms with Crippen LogP contribution in [-0.4, -0.2) is 24.5 Å². The zero-order valence-corrected chi connectivity index (χ0v) is 11.4. The zero-order valence-electron chi connectivity index (χ0n) is 11.4. The van der Waals surface area contributed by atoms with Crippen molar-refractivity contribution in [1.82, 2.24) is 5.32 Å². The molecule has 1 N–H and O–H groups in total. The summed E-state index contributed by atoms with van der Waals surface area (Å²) in [5.74, 6) is 0.361. The number of rotatable bonds is 4. The number of nitrogens with one attached hydrogen (secondary N) is 1. The Hall–Kier alpha value is -2.11. The van der Waals surface area contributed by atoms with Gasteiger partial charge in [0.2, 0.25) is 5.91 Å². The molecule has 1 unspecified atom stereocenters. The van der Waals surface area contributed by atoms with Crippen LogP contribution >= 0.6 is 0 Å². The highest BCUT2D eigenvalue weighted by Gasteiger charge is 2.22. The van der Waals surface area contributed by atoms with Crippen molar-refractivity contribution in [3.05, 3.63) is 33.9 Å². The minimum atomic E-state index is -0.445. The first-order valence-corrected chi connectivity index (χ1v) is 6.70. The van der Waals surface area contributed by atoms with E-state index >= 15 is 0 Å². The second kappa shape index (κ2) is 6.36. The minimum absolute atomic E-state index is 0.00613. The smallest absolute Gasteiger partial charge is 0.273 e. The van der Waals surface area contributed by atoms with Crippen LogP contribution in [0.3, 0.4) is 0 Å². The summed E-state index contributed by atoms with van der Waals surface area (Å²) in [7, 11) is 1.47. The number of methoxy groups -OCH3 is 1. The molecule has 1 amide bonds. The molecule has 6 heteroatoms. The number of ether oxygens (including phenoxy) is 1. The van der Waals surface area contributed by atoms with Crippen LogP contribution in [0.4, 0.5) is 5.69 Å². The van der Waals surface area contributed by atoms with Gasteiger partial charge < -0.3 is 10.1 Å². The fourth-order valence-electron chi connectivity index (χ4n) is 2.47. The van der Waals surface area contributed by atoms with Crippen LogP contribution in [0.15, 0.2) is 18.2 Å². The topological polar surface area (TPSA) is 81.5 Å². The van der Waals surface area contributed by atoms with E-state index in [2.05, 4.69) is 5.32 Å². The number of amides is 1. The SMILES string of the molecule is COc1cc(CC2CCCCNC2=O)cc([N+](=O)[O-])c1. The van der Waals surface area contributed by atoms with Crippen molar-refractivity contribution in [2.24, 2.45) is 5.92 Å². The first-order chi connectivity index (χ1) is 9.60. The van der Waals surface area contributed by atoms with Gasteiger partial charge in [-0.15, -0.1) is 0 Å². The lowest BCUT2D eigenvalue weighted by Crippen LogP contribution is -2.30. The monoisotopic (exact) mass is 278 g/mol. The van der Waals surface area contributed by atoms with Gasteiger partial charge in [-0.25, -0.2) is 0 Å². The molecule has 0 aliphatic carbocycles. The molecule has 0 aromatic heterocycles. The molecule has 0 saturated carbocycles. The third-order valence-electron chi connectivity index (χ3n) is 3.53. The Morgan fingerprint density at radius 1 is 1.40 bits per heavy atom. The van der Waals surface area contributed by atoms with Crippen molar-refractivity contribution >= 4 is 11.6 Å². The molecule has 1 aromatic rings. The van der Waals surface area contributed by atoms with E-state index in [9.17, 15) is 14.9 Å². The molecule has 1 aromatic carbocycles. The molecular formula is C14H18N2O4. The quantitative estimate of drug-likeness (QED) is 0.675. The second-order valence-electron chi connectivity index (χ2n) is 4.98. The first kappa shape index (κ1) is 14.3. The zero-order chi connectivity index (χ0) is 14.5. The molecule has 1 saturated heterocycles. The van der Waals surface area contributed by atoms with Crippen molar-refractivity contribution in [2.75, 3.05) is 13.7 Å². The molecule has 20 heavy (non-hydrogen) atoms. The summed E-state index contributed by atoms with van der Waals surface area (Å²) in [5, 5.41) is 13.8. The molecule has 1 atom stereocenters. The number of hydrogen-bond donors (Lipinski definition) is 1. The maximum Gasteiger partial charge on any atom is 0.273 e. The van der Waals surface area contributed by atoms with Crippen LogP contribution < -0.4 is 10.1 Å². The van der Waals surface area contributed by atoms with Crippen LogP contribution in [-0.2, 0) is 11.2 Å². The molecule has 1 heterocycles. The van der Waals surface area contributed by atoms with E-state index in [-0.39, 0.29) is 17.5 Å². The predicted molar refractivity (Wildman–Crippen MR) is 73.7 cm³/mol. The van der Waals surface area contributed by atoms with Crippen molar-refractivity contribution in [3.63, 3.8) is 0 Å². The van der Waals surface area contributed by atoms with Crippen molar-refractivity contribution < 1.29 is 14.5 Å². The van der Waals surface area contributed by atoms with Gasteiger partial charge in [-0.3, -0.25) is 14.9 Å². The van der Waals surface area contributed by atoms with Gasteiger partial charge in [0.05, 0.1) is 18.1 Å². The molecule has 0 bridgehead atoms. The maximum atomic E-state index is 11.9. The first-order valence-electron chi connectivity index (χ1n) is 6.70. The number of nitro groups is 1. The van der Waals surface area contributed by atoms with Gasteiger partial charge in [0.15, 0.2) is 0 Å². The Balaban J connectivity index is 2.20. The number of carbonyl (C=O) groups excluding carboxylic acids is 1. The van der Waals surface area contributed by atoms with Crippen LogP contribution in [0.25, 0.3) is 0 Å².